The van der Waals surface area contributed by atoms with Gasteiger partial charge in [-0.3, -0.25) is 9.59 Å². The summed E-state index contributed by atoms with van der Waals surface area (Å²) < 4.78 is 0. The molecule has 0 bridgehead atoms. The van der Waals surface area contributed by atoms with Crippen LogP contribution in [0.2, 0.25) is 0 Å². The highest BCUT2D eigenvalue weighted by Crippen LogP contribution is 2.12. The highest BCUT2D eigenvalue weighted by atomic mass is 35.5. The number of nitrogens with one attached hydrogen (secondary N) is 1. The van der Waals surface area contributed by atoms with Gasteiger partial charge in [0, 0.05) is 11.3 Å². The van der Waals surface area contributed by atoms with Gasteiger partial charge in [0.1, 0.15) is 5.38 Å². The monoisotopic (exact) mass is 225 g/mol. The van der Waals surface area contributed by atoms with Crippen molar-refractivity contribution >= 4 is 29.0 Å². The molecule has 80 valence electrons. The molecule has 0 aliphatic heterocycles. The van der Waals surface area contributed by atoms with E-state index in [1.807, 2.05) is 0 Å². The first kappa shape index (κ1) is 11.7. The molecule has 1 N–H and O–H groups in total. The van der Waals surface area contributed by atoms with Crippen LogP contribution in [0.1, 0.15) is 24.2 Å². The molecule has 0 unspecified atom stereocenters. The first-order valence-electron chi connectivity index (χ1n) is 4.56. The van der Waals surface area contributed by atoms with Crippen LogP contribution in [-0.4, -0.2) is 17.1 Å². The molecule has 1 aromatic carbocycles. The molecule has 0 fully saturated rings. The number of alkyl halides is 1. The van der Waals surface area contributed by atoms with Gasteiger partial charge in [0.05, 0.1) is 0 Å². The molecule has 0 heterocycles. The van der Waals surface area contributed by atoms with Crippen LogP contribution in [0.5, 0.6) is 0 Å². The number of hydrogen-bond acceptors (Lipinski definition) is 2. The Kier molecular flexibility index (Phi) is 3.86. The van der Waals surface area contributed by atoms with E-state index in [4.69, 9.17) is 11.6 Å². The molecule has 1 amide bonds. The standard InChI is InChI=1S/C11H12ClNO2/c1-7(12)11(15)13-10-5-3-4-9(6-10)8(2)14/h3-7H,1-2H3,(H,13,15)/t7-/m1/s1. The van der Waals surface area contributed by atoms with Crippen LogP contribution in [0.3, 0.4) is 0 Å². The highest BCUT2D eigenvalue weighted by molar-refractivity contribution is 6.32. The van der Waals surface area contributed by atoms with Crippen molar-refractivity contribution in [2.45, 2.75) is 19.2 Å². The number of halogens is 1. The Labute approximate surface area is 93.4 Å². The van der Waals surface area contributed by atoms with Gasteiger partial charge < -0.3 is 5.32 Å². The number of Topliss-reactive ketones (excluding diaryl/α,β-unsaturated/α-hetero) is 1. The summed E-state index contributed by atoms with van der Waals surface area (Å²) in [5, 5.41) is 2.02. The molecule has 0 aliphatic carbocycles. The van der Waals surface area contributed by atoms with Gasteiger partial charge in [-0.15, -0.1) is 11.6 Å². The molecule has 3 nitrogen and oxygen atoms in total. The van der Waals surface area contributed by atoms with Crippen molar-refractivity contribution in [3.8, 4) is 0 Å². The quantitative estimate of drug-likeness (QED) is 0.635. The third kappa shape index (κ3) is 3.36. The third-order valence-electron chi connectivity index (χ3n) is 1.90. The molecule has 0 aromatic heterocycles. The number of benzene rings is 1. The topological polar surface area (TPSA) is 46.2 Å². The van der Waals surface area contributed by atoms with Gasteiger partial charge in [0.2, 0.25) is 5.91 Å². The zero-order valence-corrected chi connectivity index (χ0v) is 9.34. The molecule has 4 heteroatoms. The second kappa shape index (κ2) is 4.94. The summed E-state index contributed by atoms with van der Waals surface area (Å²) >= 11 is 5.60. The Hall–Kier alpha value is -1.35. The number of amides is 1. The number of hydrogen-bond donors (Lipinski definition) is 1. The molecule has 0 aliphatic rings. The maximum Gasteiger partial charge on any atom is 0.242 e. The van der Waals surface area contributed by atoms with E-state index in [-0.39, 0.29) is 11.7 Å². The maximum atomic E-state index is 11.3. The van der Waals surface area contributed by atoms with Crippen molar-refractivity contribution in [1.29, 1.82) is 0 Å². The molecule has 0 radical (unpaired) electrons. The Morgan fingerprint density at radius 3 is 2.60 bits per heavy atom. The van der Waals surface area contributed by atoms with Crippen molar-refractivity contribution < 1.29 is 9.59 Å². The van der Waals surface area contributed by atoms with Crippen molar-refractivity contribution in [2.75, 3.05) is 5.32 Å². The molecular formula is C11H12ClNO2. The van der Waals surface area contributed by atoms with E-state index in [0.29, 0.717) is 11.3 Å². The van der Waals surface area contributed by atoms with Gasteiger partial charge in [-0.2, -0.15) is 0 Å². The number of carbonyl (C=O) groups is 2. The van der Waals surface area contributed by atoms with Crippen LogP contribution in [0.4, 0.5) is 5.69 Å². The molecule has 0 saturated carbocycles. The lowest BCUT2D eigenvalue weighted by molar-refractivity contribution is -0.115. The van der Waals surface area contributed by atoms with Gasteiger partial charge in [-0.05, 0) is 26.0 Å². The molecule has 1 rings (SSSR count). The minimum atomic E-state index is -0.592. The highest BCUT2D eigenvalue weighted by Gasteiger charge is 2.09. The Morgan fingerprint density at radius 1 is 1.40 bits per heavy atom. The third-order valence-corrected chi connectivity index (χ3v) is 2.10. The summed E-state index contributed by atoms with van der Waals surface area (Å²) in [6, 6.07) is 6.75. The number of ketones is 1. The lowest BCUT2D eigenvalue weighted by Gasteiger charge is -2.07. The largest absolute Gasteiger partial charge is 0.325 e. The SMILES string of the molecule is CC(=O)c1cccc(NC(=O)[C@@H](C)Cl)c1. The predicted molar refractivity (Wildman–Crippen MR) is 60.4 cm³/mol. The van der Waals surface area contributed by atoms with E-state index < -0.39 is 5.38 Å². The summed E-state index contributed by atoms with van der Waals surface area (Å²) in [5.41, 5.74) is 1.15. The molecule has 0 spiro atoms. The number of anilines is 1. The minimum Gasteiger partial charge on any atom is -0.325 e. The van der Waals surface area contributed by atoms with Gasteiger partial charge in [-0.25, -0.2) is 0 Å². The molecule has 1 aromatic rings. The van der Waals surface area contributed by atoms with Crippen LogP contribution >= 0.6 is 11.6 Å². The first-order valence-corrected chi connectivity index (χ1v) is 5.00. The summed E-state index contributed by atoms with van der Waals surface area (Å²) in [4.78, 5) is 22.3. The van der Waals surface area contributed by atoms with E-state index in [9.17, 15) is 9.59 Å². The fourth-order valence-electron chi connectivity index (χ4n) is 1.06. The van der Waals surface area contributed by atoms with Gasteiger partial charge in [0.25, 0.3) is 0 Å². The second-order valence-corrected chi connectivity index (χ2v) is 3.90. The first-order chi connectivity index (χ1) is 7.00. The molecular weight excluding hydrogens is 214 g/mol. The lowest BCUT2D eigenvalue weighted by atomic mass is 10.1. The van der Waals surface area contributed by atoms with Gasteiger partial charge in [-0.1, -0.05) is 12.1 Å². The number of rotatable bonds is 3. The fraction of sp³-hybridized carbons (Fsp3) is 0.273. The van der Waals surface area contributed by atoms with Crippen molar-refractivity contribution in [2.24, 2.45) is 0 Å². The van der Waals surface area contributed by atoms with Crippen LogP contribution in [0.15, 0.2) is 24.3 Å². The minimum absolute atomic E-state index is 0.0370. The van der Waals surface area contributed by atoms with Crippen LogP contribution < -0.4 is 5.32 Å². The average molecular weight is 226 g/mol. The number of carbonyl (C=O) groups excluding carboxylic acids is 2. The average Bonchev–Trinajstić information content (AvgIpc) is 2.18. The zero-order chi connectivity index (χ0) is 11.4. The zero-order valence-electron chi connectivity index (χ0n) is 8.58. The summed E-state index contributed by atoms with van der Waals surface area (Å²) in [5.74, 6) is -0.317. The predicted octanol–water partition coefficient (Wildman–Crippen LogP) is 2.46. The van der Waals surface area contributed by atoms with E-state index in [1.165, 1.54) is 6.92 Å². The maximum absolute atomic E-state index is 11.3. The summed E-state index contributed by atoms with van der Waals surface area (Å²) in [6.07, 6.45) is 0. The van der Waals surface area contributed by atoms with E-state index >= 15 is 0 Å². The van der Waals surface area contributed by atoms with Crippen LogP contribution in [0, 0.1) is 0 Å². The smallest absolute Gasteiger partial charge is 0.242 e. The Balaban J connectivity index is 2.83. The Morgan fingerprint density at radius 2 is 2.07 bits per heavy atom. The van der Waals surface area contributed by atoms with E-state index in [1.54, 1.807) is 31.2 Å². The normalized spacial score (nSPS) is 11.9. The van der Waals surface area contributed by atoms with E-state index in [2.05, 4.69) is 5.32 Å². The fourth-order valence-corrected chi connectivity index (χ4v) is 1.11. The molecule has 0 saturated heterocycles. The molecule has 1 atom stereocenters. The van der Waals surface area contributed by atoms with Crippen molar-refractivity contribution in [3.63, 3.8) is 0 Å². The van der Waals surface area contributed by atoms with Gasteiger partial charge in [0.15, 0.2) is 5.78 Å². The van der Waals surface area contributed by atoms with Crippen LogP contribution in [-0.2, 0) is 4.79 Å². The Bertz CT molecular complexity index is 388. The van der Waals surface area contributed by atoms with Crippen LogP contribution in [0.25, 0.3) is 0 Å². The van der Waals surface area contributed by atoms with E-state index in [0.717, 1.165) is 0 Å². The van der Waals surface area contributed by atoms with Crippen molar-refractivity contribution in [1.82, 2.24) is 0 Å². The molecule has 15 heavy (non-hydrogen) atoms. The second-order valence-electron chi connectivity index (χ2n) is 3.24. The van der Waals surface area contributed by atoms with Gasteiger partial charge >= 0.3 is 0 Å². The summed E-state index contributed by atoms with van der Waals surface area (Å²) in [6.45, 7) is 3.07. The van der Waals surface area contributed by atoms with Crippen molar-refractivity contribution in [3.05, 3.63) is 29.8 Å². The lowest BCUT2D eigenvalue weighted by Crippen LogP contribution is -2.20. The summed E-state index contributed by atoms with van der Waals surface area (Å²) in [7, 11) is 0.